The molecule has 0 amide bonds. The fourth-order valence-corrected chi connectivity index (χ4v) is 1.67. The number of hydrogen-bond acceptors (Lipinski definition) is 2. The molecule has 1 unspecified atom stereocenters. The highest BCUT2D eigenvalue weighted by atomic mass is 15.1. The van der Waals surface area contributed by atoms with E-state index in [1.54, 1.807) is 0 Å². The second-order valence-electron chi connectivity index (χ2n) is 3.76. The first-order valence-corrected chi connectivity index (χ1v) is 4.20. The van der Waals surface area contributed by atoms with Gasteiger partial charge in [-0.3, -0.25) is 0 Å². The van der Waals surface area contributed by atoms with E-state index < -0.39 is 0 Å². The zero-order valence-electron chi connectivity index (χ0n) is 7.59. The second kappa shape index (κ2) is 2.83. The molecule has 62 valence electrons. The summed E-state index contributed by atoms with van der Waals surface area (Å²) in [4.78, 5) is 2.14. The SMILES string of the molecule is CC(N(C)C)C1(C#N)CCC1. The van der Waals surface area contributed by atoms with Crippen LogP contribution in [-0.4, -0.2) is 25.0 Å². The van der Waals surface area contributed by atoms with Crippen molar-refractivity contribution in [3.63, 3.8) is 0 Å². The van der Waals surface area contributed by atoms with E-state index in [2.05, 4.69) is 17.9 Å². The fraction of sp³-hybridized carbons (Fsp3) is 0.889. The van der Waals surface area contributed by atoms with Crippen molar-refractivity contribution < 1.29 is 0 Å². The number of hydrogen-bond donors (Lipinski definition) is 0. The smallest absolute Gasteiger partial charge is 0.0726 e. The lowest BCUT2D eigenvalue weighted by Gasteiger charge is -2.43. The third-order valence-corrected chi connectivity index (χ3v) is 3.04. The number of rotatable bonds is 2. The third kappa shape index (κ3) is 1.25. The molecule has 0 spiro atoms. The Hall–Kier alpha value is -0.550. The predicted octanol–water partition coefficient (Wildman–Crippen LogP) is 1.63. The minimum absolute atomic E-state index is 0.0243. The van der Waals surface area contributed by atoms with Crippen molar-refractivity contribution in [2.75, 3.05) is 14.1 Å². The van der Waals surface area contributed by atoms with Crippen LogP contribution in [0.15, 0.2) is 0 Å². The van der Waals surface area contributed by atoms with E-state index in [1.165, 1.54) is 6.42 Å². The summed E-state index contributed by atoms with van der Waals surface area (Å²) in [5, 5.41) is 8.98. The van der Waals surface area contributed by atoms with Crippen LogP contribution in [-0.2, 0) is 0 Å². The van der Waals surface area contributed by atoms with E-state index >= 15 is 0 Å². The maximum atomic E-state index is 8.98. The summed E-state index contributed by atoms with van der Waals surface area (Å²) in [6.07, 6.45) is 3.40. The first kappa shape index (κ1) is 8.55. The molecule has 1 aliphatic carbocycles. The Balaban J connectivity index is 2.64. The Bertz CT molecular complexity index is 174. The molecule has 0 aromatic carbocycles. The van der Waals surface area contributed by atoms with Gasteiger partial charge < -0.3 is 4.90 Å². The fourth-order valence-electron chi connectivity index (χ4n) is 1.67. The molecular formula is C9H16N2. The van der Waals surface area contributed by atoms with Gasteiger partial charge in [-0.05, 0) is 33.9 Å². The molecule has 0 N–H and O–H groups in total. The quantitative estimate of drug-likeness (QED) is 0.601. The molecule has 0 bridgehead atoms. The maximum absolute atomic E-state index is 8.98. The lowest BCUT2D eigenvalue weighted by Crippen LogP contribution is -2.46. The van der Waals surface area contributed by atoms with Gasteiger partial charge in [-0.2, -0.15) is 5.26 Å². The standard InChI is InChI=1S/C9H16N2/c1-8(11(2)3)9(7-10)5-4-6-9/h8H,4-6H2,1-3H3. The zero-order chi connectivity index (χ0) is 8.48. The van der Waals surface area contributed by atoms with Crippen molar-refractivity contribution in [3.05, 3.63) is 0 Å². The molecule has 1 atom stereocenters. The molecule has 0 aliphatic heterocycles. The Morgan fingerprint density at radius 2 is 2.00 bits per heavy atom. The minimum atomic E-state index is -0.0243. The maximum Gasteiger partial charge on any atom is 0.0726 e. The highest BCUT2D eigenvalue weighted by Crippen LogP contribution is 2.44. The molecule has 1 fully saturated rings. The molecule has 0 aromatic heterocycles. The van der Waals surface area contributed by atoms with E-state index in [1.807, 2.05) is 14.1 Å². The van der Waals surface area contributed by atoms with Crippen molar-refractivity contribution in [1.82, 2.24) is 4.90 Å². The highest BCUT2D eigenvalue weighted by molar-refractivity contribution is 5.09. The first-order chi connectivity index (χ1) is 5.12. The van der Waals surface area contributed by atoms with Crippen LogP contribution in [0.1, 0.15) is 26.2 Å². The van der Waals surface area contributed by atoms with Crippen LogP contribution in [0.5, 0.6) is 0 Å². The number of nitrogens with zero attached hydrogens (tertiary/aromatic N) is 2. The molecule has 2 nitrogen and oxygen atoms in total. The Labute approximate surface area is 68.8 Å². The monoisotopic (exact) mass is 152 g/mol. The van der Waals surface area contributed by atoms with Gasteiger partial charge in [0.1, 0.15) is 0 Å². The molecule has 1 rings (SSSR count). The van der Waals surface area contributed by atoms with Crippen molar-refractivity contribution in [2.24, 2.45) is 5.41 Å². The summed E-state index contributed by atoms with van der Waals surface area (Å²) < 4.78 is 0. The highest BCUT2D eigenvalue weighted by Gasteiger charge is 2.43. The summed E-state index contributed by atoms with van der Waals surface area (Å²) in [5.41, 5.74) is -0.0243. The molecule has 0 saturated heterocycles. The Morgan fingerprint density at radius 3 is 2.09 bits per heavy atom. The average Bonchev–Trinajstić information content (AvgIpc) is 1.86. The van der Waals surface area contributed by atoms with Crippen LogP contribution in [0.2, 0.25) is 0 Å². The van der Waals surface area contributed by atoms with Crippen LogP contribution in [0.3, 0.4) is 0 Å². The van der Waals surface area contributed by atoms with Crippen molar-refractivity contribution >= 4 is 0 Å². The molecule has 0 heterocycles. The lowest BCUT2D eigenvalue weighted by molar-refractivity contribution is 0.0876. The van der Waals surface area contributed by atoms with Crippen molar-refractivity contribution in [1.29, 1.82) is 5.26 Å². The van der Waals surface area contributed by atoms with Gasteiger partial charge in [-0.15, -0.1) is 0 Å². The van der Waals surface area contributed by atoms with Gasteiger partial charge in [0.2, 0.25) is 0 Å². The predicted molar refractivity (Wildman–Crippen MR) is 45.0 cm³/mol. The summed E-state index contributed by atoms with van der Waals surface area (Å²) in [6.45, 7) is 2.14. The second-order valence-corrected chi connectivity index (χ2v) is 3.76. The summed E-state index contributed by atoms with van der Waals surface area (Å²) in [7, 11) is 4.09. The van der Waals surface area contributed by atoms with E-state index in [9.17, 15) is 0 Å². The largest absolute Gasteiger partial charge is 0.305 e. The number of nitriles is 1. The molecule has 11 heavy (non-hydrogen) atoms. The van der Waals surface area contributed by atoms with Gasteiger partial charge in [0, 0.05) is 6.04 Å². The van der Waals surface area contributed by atoms with Crippen LogP contribution >= 0.6 is 0 Å². The summed E-state index contributed by atoms with van der Waals surface area (Å²) in [5.74, 6) is 0. The van der Waals surface area contributed by atoms with Gasteiger partial charge in [-0.25, -0.2) is 0 Å². The molecule has 0 radical (unpaired) electrons. The van der Waals surface area contributed by atoms with Gasteiger partial charge in [-0.1, -0.05) is 6.42 Å². The topological polar surface area (TPSA) is 27.0 Å². The molecule has 1 aliphatic rings. The molecule has 2 heteroatoms. The van der Waals surface area contributed by atoms with E-state index in [-0.39, 0.29) is 5.41 Å². The first-order valence-electron chi connectivity index (χ1n) is 4.20. The van der Waals surface area contributed by atoms with Crippen LogP contribution in [0.25, 0.3) is 0 Å². The van der Waals surface area contributed by atoms with Crippen molar-refractivity contribution in [2.45, 2.75) is 32.2 Å². The minimum Gasteiger partial charge on any atom is -0.305 e. The molecule has 1 saturated carbocycles. The van der Waals surface area contributed by atoms with E-state index in [4.69, 9.17) is 5.26 Å². The van der Waals surface area contributed by atoms with Crippen LogP contribution < -0.4 is 0 Å². The molecular weight excluding hydrogens is 136 g/mol. The third-order valence-electron chi connectivity index (χ3n) is 3.04. The van der Waals surface area contributed by atoms with Gasteiger partial charge in [0.05, 0.1) is 11.5 Å². The van der Waals surface area contributed by atoms with Crippen molar-refractivity contribution in [3.8, 4) is 6.07 Å². The summed E-state index contributed by atoms with van der Waals surface area (Å²) >= 11 is 0. The Morgan fingerprint density at radius 1 is 1.45 bits per heavy atom. The van der Waals surface area contributed by atoms with Gasteiger partial charge in [0.15, 0.2) is 0 Å². The average molecular weight is 152 g/mol. The normalized spacial score (nSPS) is 23.9. The van der Waals surface area contributed by atoms with Crippen LogP contribution in [0, 0.1) is 16.7 Å². The Kier molecular flexibility index (Phi) is 2.20. The van der Waals surface area contributed by atoms with Gasteiger partial charge in [0.25, 0.3) is 0 Å². The zero-order valence-corrected chi connectivity index (χ0v) is 7.59. The lowest BCUT2D eigenvalue weighted by atomic mass is 9.65. The van der Waals surface area contributed by atoms with Crippen LogP contribution in [0.4, 0.5) is 0 Å². The van der Waals surface area contributed by atoms with Gasteiger partial charge >= 0.3 is 0 Å². The molecule has 0 aromatic rings. The summed E-state index contributed by atoms with van der Waals surface area (Å²) in [6, 6.07) is 2.86. The van der Waals surface area contributed by atoms with E-state index in [0.717, 1.165) is 12.8 Å². The van der Waals surface area contributed by atoms with E-state index in [0.29, 0.717) is 6.04 Å².